The third kappa shape index (κ3) is 3.46. The molecule has 148 valence electrons. The van der Waals surface area contributed by atoms with Crippen LogP contribution >= 0.6 is 0 Å². The molecule has 0 radical (unpaired) electrons. The Morgan fingerprint density at radius 3 is 2.72 bits per heavy atom. The van der Waals surface area contributed by atoms with Crippen molar-refractivity contribution in [3.63, 3.8) is 0 Å². The molecule has 0 aliphatic rings. The number of ether oxygens (including phenoxy) is 1. The predicted molar refractivity (Wildman–Crippen MR) is 101 cm³/mol. The standard InChI is InChI=1S/C20H15F3N4O2/c1-2-29-19(28)15-11-24-27-16-9-4-3-8-14(16)17(26-18(15)27)25-13-7-5-6-12(10-13)20(21,22)23/h3-11H,2H2,1H3,(H,25,26). The summed E-state index contributed by atoms with van der Waals surface area (Å²) in [6.07, 6.45) is -3.10. The minimum Gasteiger partial charge on any atom is -0.462 e. The van der Waals surface area contributed by atoms with E-state index in [1.807, 2.05) is 0 Å². The lowest BCUT2D eigenvalue weighted by Crippen LogP contribution is -2.07. The van der Waals surface area contributed by atoms with Crippen molar-refractivity contribution in [2.24, 2.45) is 0 Å². The monoisotopic (exact) mass is 400 g/mol. The number of halogens is 3. The normalized spacial score (nSPS) is 11.7. The second-order valence-corrected chi connectivity index (χ2v) is 6.20. The number of para-hydroxylation sites is 1. The number of carbonyl (C=O) groups excluding carboxylic acids is 1. The fourth-order valence-electron chi connectivity index (χ4n) is 3.01. The Morgan fingerprint density at radius 1 is 1.17 bits per heavy atom. The summed E-state index contributed by atoms with van der Waals surface area (Å²) in [5.74, 6) is -0.270. The number of carbonyl (C=O) groups is 1. The summed E-state index contributed by atoms with van der Waals surface area (Å²) in [6.45, 7) is 1.88. The summed E-state index contributed by atoms with van der Waals surface area (Å²) in [6, 6.07) is 11.9. The molecule has 0 saturated carbocycles. The lowest BCUT2D eigenvalue weighted by atomic mass is 10.2. The van der Waals surface area contributed by atoms with Crippen LogP contribution in [0, 0.1) is 0 Å². The van der Waals surface area contributed by atoms with Crippen molar-refractivity contribution in [2.45, 2.75) is 13.1 Å². The van der Waals surface area contributed by atoms with Crippen LogP contribution in [0.3, 0.4) is 0 Å². The maximum Gasteiger partial charge on any atom is 0.416 e. The first-order chi connectivity index (χ1) is 13.9. The van der Waals surface area contributed by atoms with Crippen LogP contribution in [0.1, 0.15) is 22.8 Å². The summed E-state index contributed by atoms with van der Waals surface area (Å²) < 4.78 is 45.6. The van der Waals surface area contributed by atoms with Gasteiger partial charge in [-0.25, -0.2) is 14.3 Å². The van der Waals surface area contributed by atoms with Gasteiger partial charge in [-0.1, -0.05) is 18.2 Å². The molecule has 0 aliphatic carbocycles. The molecule has 0 amide bonds. The Balaban J connectivity index is 1.87. The molecule has 0 unspecified atom stereocenters. The zero-order valence-electron chi connectivity index (χ0n) is 15.2. The highest BCUT2D eigenvalue weighted by Gasteiger charge is 2.30. The molecule has 2 heterocycles. The Morgan fingerprint density at radius 2 is 1.97 bits per heavy atom. The zero-order chi connectivity index (χ0) is 20.6. The second kappa shape index (κ2) is 7.08. The Bertz CT molecular complexity index is 1220. The van der Waals surface area contributed by atoms with Gasteiger partial charge in [0.1, 0.15) is 11.4 Å². The summed E-state index contributed by atoms with van der Waals surface area (Å²) in [5, 5.41) is 7.79. The highest BCUT2D eigenvalue weighted by molar-refractivity contribution is 5.99. The number of hydrogen-bond acceptors (Lipinski definition) is 5. The smallest absolute Gasteiger partial charge is 0.416 e. The Hall–Kier alpha value is -3.62. The minimum atomic E-state index is -4.46. The molecule has 0 atom stereocenters. The van der Waals surface area contributed by atoms with E-state index in [1.165, 1.54) is 22.8 Å². The van der Waals surface area contributed by atoms with E-state index in [4.69, 9.17) is 4.74 Å². The van der Waals surface area contributed by atoms with Crippen LogP contribution in [-0.2, 0) is 10.9 Å². The molecule has 1 N–H and O–H groups in total. The van der Waals surface area contributed by atoms with Gasteiger partial charge in [0.15, 0.2) is 5.65 Å². The molecule has 4 aromatic rings. The van der Waals surface area contributed by atoms with Gasteiger partial charge >= 0.3 is 12.1 Å². The molecule has 0 aliphatic heterocycles. The number of anilines is 2. The number of benzene rings is 2. The highest BCUT2D eigenvalue weighted by atomic mass is 19.4. The van der Waals surface area contributed by atoms with Crippen LogP contribution in [0.4, 0.5) is 24.7 Å². The first kappa shape index (κ1) is 18.7. The average molecular weight is 400 g/mol. The fourth-order valence-corrected chi connectivity index (χ4v) is 3.01. The summed E-state index contributed by atoms with van der Waals surface area (Å²) in [7, 11) is 0. The van der Waals surface area contributed by atoms with Gasteiger partial charge in [0, 0.05) is 11.1 Å². The van der Waals surface area contributed by atoms with Gasteiger partial charge in [-0.3, -0.25) is 0 Å². The number of aromatic nitrogens is 3. The summed E-state index contributed by atoms with van der Waals surface area (Å²) >= 11 is 0. The van der Waals surface area contributed by atoms with E-state index in [9.17, 15) is 18.0 Å². The maximum atomic E-state index is 13.0. The van der Waals surface area contributed by atoms with Crippen molar-refractivity contribution >= 4 is 34.0 Å². The van der Waals surface area contributed by atoms with Crippen LogP contribution in [0.5, 0.6) is 0 Å². The number of fused-ring (bicyclic) bond motifs is 3. The molecular weight excluding hydrogens is 385 g/mol. The molecule has 0 saturated heterocycles. The molecule has 2 aromatic carbocycles. The van der Waals surface area contributed by atoms with Crippen molar-refractivity contribution in [1.29, 1.82) is 0 Å². The van der Waals surface area contributed by atoms with Crippen molar-refractivity contribution in [1.82, 2.24) is 14.6 Å². The first-order valence-corrected chi connectivity index (χ1v) is 8.76. The van der Waals surface area contributed by atoms with Crippen molar-refractivity contribution in [3.8, 4) is 0 Å². The van der Waals surface area contributed by atoms with E-state index in [1.54, 1.807) is 31.2 Å². The topological polar surface area (TPSA) is 68.5 Å². The SMILES string of the molecule is CCOC(=O)c1cnn2c1nc(Nc1cccc(C(F)(F)F)c1)c1ccccc12. The van der Waals surface area contributed by atoms with E-state index >= 15 is 0 Å². The van der Waals surface area contributed by atoms with Gasteiger partial charge in [0.2, 0.25) is 0 Å². The van der Waals surface area contributed by atoms with E-state index in [0.29, 0.717) is 16.7 Å². The van der Waals surface area contributed by atoms with Gasteiger partial charge in [-0.2, -0.15) is 18.3 Å². The number of rotatable bonds is 4. The summed E-state index contributed by atoms with van der Waals surface area (Å²) in [5.41, 5.74) is 0.507. The predicted octanol–water partition coefficient (Wildman–Crippen LogP) is 4.82. The minimum absolute atomic E-state index is 0.171. The maximum absolute atomic E-state index is 13.0. The summed E-state index contributed by atoms with van der Waals surface area (Å²) in [4.78, 5) is 16.7. The molecule has 6 nitrogen and oxygen atoms in total. The molecule has 2 aromatic heterocycles. The number of esters is 1. The van der Waals surface area contributed by atoms with E-state index in [0.717, 1.165) is 12.1 Å². The molecule has 4 rings (SSSR count). The molecule has 0 spiro atoms. The van der Waals surface area contributed by atoms with Gasteiger partial charge in [-0.15, -0.1) is 0 Å². The lowest BCUT2D eigenvalue weighted by Gasteiger charge is -2.13. The molecule has 29 heavy (non-hydrogen) atoms. The average Bonchev–Trinajstić information content (AvgIpc) is 3.12. The third-order valence-corrected chi connectivity index (χ3v) is 4.30. The van der Waals surface area contributed by atoms with E-state index in [2.05, 4.69) is 15.4 Å². The van der Waals surface area contributed by atoms with Gasteiger partial charge in [-0.05, 0) is 37.3 Å². The van der Waals surface area contributed by atoms with E-state index < -0.39 is 17.7 Å². The number of nitrogens with one attached hydrogen (secondary N) is 1. The Labute approximate surface area is 162 Å². The van der Waals surface area contributed by atoms with Gasteiger partial charge < -0.3 is 10.1 Å². The Kier molecular flexibility index (Phi) is 4.57. The van der Waals surface area contributed by atoms with E-state index in [-0.39, 0.29) is 23.5 Å². The van der Waals surface area contributed by atoms with Crippen molar-refractivity contribution in [2.75, 3.05) is 11.9 Å². The number of hydrogen-bond donors (Lipinski definition) is 1. The third-order valence-electron chi connectivity index (χ3n) is 4.30. The molecule has 0 bridgehead atoms. The van der Waals surface area contributed by atoms with Crippen LogP contribution in [0.2, 0.25) is 0 Å². The van der Waals surface area contributed by atoms with Gasteiger partial charge in [0.25, 0.3) is 0 Å². The largest absolute Gasteiger partial charge is 0.462 e. The van der Waals surface area contributed by atoms with Crippen LogP contribution < -0.4 is 5.32 Å². The molecule has 0 fully saturated rings. The van der Waals surface area contributed by atoms with Crippen LogP contribution in [-0.4, -0.2) is 27.2 Å². The van der Waals surface area contributed by atoms with Crippen molar-refractivity contribution < 1.29 is 22.7 Å². The number of nitrogens with zero attached hydrogens (tertiary/aromatic N) is 3. The van der Waals surface area contributed by atoms with Crippen LogP contribution in [0.25, 0.3) is 16.6 Å². The molecular formula is C20H15F3N4O2. The highest BCUT2D eigenvalue weighted by Crippen LogP contribution is 2.32. The lowest BCUT2D eigenvalue weighted by molar-refractivity contribution is -0.137. The fraction of sp³-hybridized carbons (Fsp3) is 0.150. The first-order valence-electron chi connectivity index (χ1n) is 8.76. The van der Waals surface area contributed by atoms with Gasteiger partial charge in [0.05, 0.1) is 23.9 Å². The van der Waals surface area contributed by atoms with Crippen molar-refractivity contribution in [3.05, 3.63) is 65.9 Å². The quantitative estimate of drug-likeness (QED) is 0.498. The molecule has 9 heteroatoms. The zero-order valence-corrected chi connectivity index (χ0v) is 15.2. The number of alkyl halides is 3. The van der Waals surface area contributed by atoms with Crippen LogP contribution in [0.15, 0.2) is 54.7 Å². The second-order valence-electron chi connectivity index (χ2n) is 6.20.